The van der Waals surface area contributed by atoms with Crippen LogP contribution in [0.1, 0.15) is 28.6 Å². The van der Waals surface area contributed by atoms with Crippen LogP contribution >= 0.6 is 23.2 Å². The molecule has 7 nitrogen and oxygen atoms in total. The van der Waals surface area contributed by atoms with Gasteiger partial charge in [-0.05, 0) is 85.1 Å². The molecule has 190 valence electrons. The number of aryl methyl sites for hydroxylation is 1. The van der Waals surface area contributed by atoms with Crippen LogP contribution in [0.15, 0.2) is 78.9 Å². The first-order valence-corrected chi connectivity index (χ1v) is 12.8. The number of amides is 1. The van der Waals surface area contributed by atoms with E-state index in [0.29, 0.717) is 40.4 Å². The molecule has 0 spiro atoms. The van der Waals surface area contributed by atoms with E-state index in [2.05, 4.69) is 15.2 Å². The summed E-state index contributed by atoms with van der Waals surface area (Å²) in [6.45, 7) is 2.34. The lowest BCUT2D eigenvalue weighted by atomic mass is 9.92. The van der Waals surface area contributed by atoms with E-state index in [4.69, 9.17) is 32.7 Å². The van der Waals surface area contributed by atoms with Gasteiger partial charge in [-0.2, -0.15) is 5.10 Å². The van der Waals surface area contributed by atoms with Crippen molar-refractivity contribution in [2.24, 2.45) is 0 Å². The summed E-state index contributed by atoms with van der Waals surface area (Å²) in [6.07, 6.45) is 0.213. The molecule has 0 radical (unpaired) electrons. The molecule has 1 amide bonds. The van der Waals surface area contributed by atoms with Gasteiger partial charge in [-0.1, -0.05) is 35.3 Å². The molecule has 0 saturated carbocycles. The molecule has 0 aliphatic carbocycles. The smallest absolute Gasteiger partial charge is 0.416 e. The van der Waals surface area contributed by atoms with Crippen LogP contribution in [0.3, 0.4) is 0 Å². The van der Waals surface area contributed by atoms with Gasteiger partial charge in [0, 0.05) is 39.3 Å². The molecule has 9 heteroatoms. The van der Waals surface area contributed by atoms with Crippen molar-refractivity contribution in [2.75, 3.05) is 6.54 Å². The van der Waals surface area contributed by atoms with Crippen LogP contribution in [0.25, 0.3) is 10.9 Å². The van der Waals surface area contributed by atoms with Gasteiger partial charge in [0.2, 0.25) is 5.88 Å². The predicted octanol–water partition coefficient (Wildman–Crippen LogP) is 7.51. The van der Waals surface area contributed by atoms with Crippen molar-refractivity contribution in [1.29, 1.82) is 0 Å². The summed E-state index contributed by atoms with van der Waals surface area (Å²) in [4.78, 5) is 18.7. The highest BCUT2D eigenvalue weighted by Crippen LogP contribution is 2.40. The summed E-state index contributed by atoms with van der Waals surface area (Å²) in [6, 6.07) is 23.3. The van der Waals surface area contributed by atoms with Crippen LogP contribution in [0.4, 0.5) is 4.79 Å². The zero-order chi connectivity index (χ0) is 26.2. The number of nitrogens with zero attached hydrogens (tertiary/aromatic N) is 3. The molecule has 0 saturated heterocycles. The number of halogens is 2. The number of carbonyl (C=O) groups excluding carboxylic acids is 1. The Bertz CT molecular complexity index is 1620. The molecular formula is C29H22Cl2N4O3. The number of carbonyl (C=O) groups is 1. The number of H-pyrrole nitrogens is 1. The van der Waals surface area contributed by atoms with Crippen LogP contribution in [-0.4, -0.2) is 32.7 Å². The minimum atomic E-state index is -0.449. The van der Waals surface area contributed by atoms with Crippen molar-refractivity contribution >= 4 is 40.2 Å². The number of aromatic nitrogens is 3. The second kappa shape index (κ2) is 10.0. The Hall–Kier alpha value is -4.07. The summed E-state index contributed by atoms with van der Waals surface area (Å²) >= 11 is 12.3. The number of hydrogen-bond acceptors (Lipinski definition) is 5. The Morgan fingerprint density at radius 1 is 0.921 bits per heavy atom. The lowest BCUT2D eigenvalue weighted by Crippen LogP contribution is -2.42. The summed E-state index contributed by atoms with van der Waals surface area (Å²) in [5, 5.41) is 10.4. The summed E-state index contributed by atoms with van der Waals surface area (Å²) in [7, 11) is 0. The van der Waals surface area contributed by atoms with E-state index in [1.807, 2.05) is 55.5 Å². The zero-order valence-electron chi connectivity index (χ0n) is 20.3. The number of benzene rings is 3. The van der Waals surface area contributed by atoms with Gasteiger partial charge in [-0.25, -0.2) is 4.79 Å². The number of ether oxygens (including phenoxy) is 2. The Kier molecular flexibility index (Phi) is 6.39. The Balaban J connectivity index is 1.36. The monoisotopic (exact) mass is 544 g/mol. The molecule has 1 aliphatic rings. The standard InChI is InChI=1S/C29H22Cl2N4O3/c1-17-2-13-26(34-33-17)37-21-8-3-18(4-9-21)28-27-23(24-16-20(31)7-12-25(24)32-27)14-15-35(28)29(36)38-22-10-5-19(30)6-11-22/h2-13,16,28,32H,14-15H2,1H3/t28-/m0/s1. The second-order valence-corrected chi connectivity index (χ2v) is 9.93. The Labute approximate surface area is 228 Å². The molecule has 6 rings (SSSR count). The van der Waals surface area contributed by atoms with Crippen LogP contribution in [0, 0.1) is 6.92 Å². The van der Waals surface area contributed by atoms with Gasteiger partial charge in [0.05, 0.1) is 5.69 Å². The lowest BCUT2D eigenvalue weighted by molar-refractivity contribution is 0.135. The number of rotatable bonds is 4. The molecule has 3 heterocycles. The molecule has 0 bridgehead atoms. The highest BCUT2D eigenvalue weighted by molar-refractivity contribution is 6.31. The summed E-state index contributed by atoms with van der Waals surface area (Å²) in [5.74, 6) is 1.45. The average molecular weight is 545 g/mol. The van der Waals surface area contributed by atoms with Gasteiger partial charge < -0.3 is 14.5 Å². The average Bonchev–Trinajstić information content (AvgIpc) is 3.29. The normalized spacial score (nSPS) is 14.8. The maximum atomic E-state index is 13.4. The first-order valence-electron chi connectivity index (χ1n) is 12.1. The maximum absolute atomic E-state index is 13.4. The van der Waals surface area contributed by atoms with Gasteiger partial charge in [-0.3, -0.25) is 4.90 Å². The van der Waals surface area contributed by atoms with Gasteiger partial charge in [0.25, 0.3) is 0 Å². The van der Waals surface area contributed by atoms with E-state index in [0.717, 1.165) is 33.4 Å². The van der Waals surface area contributed by atoms with E-state index in [1.165, 1.54) is 0 Å². The highest BCUT2D eigenvalue weighted by atomic mass is 35.5. The molecular weight excluding hydrogens is 523 g/mol. The molecule has 3 aromatic carbocycles. The summed E-state index contributed by atoms with van der Waals surface area (Å²) in [5.41, 5.74) is 4.75. The minimum Gasteiger partial charge on any atom is -0.438 e. The van der Waals surface area contributed by atoms with Crippen molar-refractivity contribution in [3.05, 3.63) is 111 Å². The van der Waals surface area contributed by atoms with Gasteiger partial charge in [0.15, 0.2) is 0 Å². The molecule has 38 heavy (non-hydrogen) atoms. The third kappa shape index (κ3) is 4.78. The van der Waals surface area contributed by atoms with E-state index in [9.17, 15) is 4.79 Å². The zero-order valence-corrected chi connectivity index (χ0v) is 21.8. The van der Waals surface area contributed by atoms with E-state index >= 15 is 0 Å². The predicted molar refractivity (Wildman–Crippen MR) is 146 cm³/mol. The number of aromatic amines is 1. The fourth-order valence-corrected chi connectivity index (χ4v) is 5.04. The van der Waals surface area contributed by atoms with Gasteiger partial charge >= 0.3 is 6.09 Å². The molecule has 0 fully saturated rings. The fraction of sp³-hybridized carbons (Fsp3) is 0.138. The Morgan fingerprint density at radius 2 is 1.66 bits per heavy atom. The SMILES string of the molecule is Cc1ccc(Oc2ccc([C@H]3c4[nH]c5ccc(Cl)cc5c4CCN3C(=O)Oc3ccc(Cl)cc3)cc2)nn1. The minimum absolute atomic E-state index is 0.405. The van der Waals surface area contributed by atoms with Crippen LogP contribution in [0.5, 0.6) is 17.4 Å². The van der Waals surface area contributed by atoms with Crippen molar-refractivity contribution < 1.29 is 14.3 Å². The number of hydrogen-bond donors (Lipinski definition) is 1. The number of fused-ring (bicyclic) bond motifs is 3. The molecule has 0 unspecified atom stereocenters. The number of nitrogens with one attached hydrogen (secondary N) is 1. The van der Waals surface area contributed by atoms with Crippen molar-refractivity contribution in [2.45, 2.75) is 19.4 Å². The third-order valence-electron chi connectivity index (χ3n) is 6.53. The second-order valence-electron chi connectivity index (χ2n) is 9.06. The van der Waals surface area contributed by atoms with Crippen LogP contribution in [0.2, 0.25) is 10.0 Å². The van der Waals surface area contributed by atoms with E-state index in [-0.39, 0.29) is 0 Å². The van der Waals surface area contributed by atoms with Gasteiger partial charge in [0.1, 0.15) is 17.5 Å². The molecule has 5 aromatic rings. The largest absolute Gasteiger partial charge is 0.438 e. The first-order chi connectivity index (χ1) is 18.4. The van der Waals surface area contributed by atoms with Crippen molar-refractivity contribution in [3.8, 4) is 17.4 Å². The lowest BCUT2D eigenvalue weighted by Gasteiger charge is -2.35. The highest BCUT2D eigenvalue weighted by Gasteiger charge is 2.35. The molecule has 2 aromatic heterocycles. The van der Waals surface area contributed by atoms with Crippen molar-refractivity contribution in [3.63, 3.8) is 0 Å². The maximum Gasteiger partial charge on any atom is 0.416 e. The molecule has 1 N–H and O–H groups in total. The topological polar surface area (TPSA) is 80.3 Å². The van der Waals surface area contributed by atoms with Crippen LogP contribution in [-0.2, 0) is 6.42 Å². The third-order valence-corrected chi connectivity index (χ3v) is 7.02. The van der Waals surface area contributed by atoms with Crippen LogP contribution < -0.4 is 9.47 Å². The Morgan fingerprint density at radius 3 is 2.39 bits per heavy atom. The quantitative estimate of drug-likeness (QED) is 0.253. The van der Waals surface area contributed by atoms with Gasteiger partial charge in [-0.15, -0.1) is 5.10 Å². The fourth-order valence-electron chi connectivity index (χ4n) is 4.75. The molecule has 1 aliphatic heterocycles. The van der Waals surface area contributed by atoms with Crippen molar-refractivity contribution in [1.82, 2.24) is 20.1 Å². The summed E-state index contributed by atoms with van der Waals surface area (Å²) < 4.78 is 11.6. The molecule has 1 atom stereocenters. The van der Waals surface area contributed by atoms with E-state index < -0.39 is 12.1 Å². The first kappa shape index (κ1) is 24.3. The van der Waals surface area contributed by atoms with E-state index in [1.54, 1.807) is 35.2 Å².